The van der Waals surface area contributed by atoms with Gasteiger partial charge < -0.3 is 62.1 Å². The molecule has 20 aromatic rings. The second kappa shape index (κ2) is 40.7. The highest BCUT2D eigenvalue weighted by Crippen LogP contribution is 2.40. The molecule has 0 aliphatic heterocycles. The zero-order valence-electron chi connectivity index (χ0n) is 77.0. The number of nitrogens with one attached hydrogen (secondary N) is 4. The van der Waals surface area contributed by atoms with E-state index < -0.39 is 46.9 Å². The summed E-state index contributed by atoms with van der Waals surface area (Å²) in [6, 6.07) is 55.1. The number of nitrogens with zero attached hydrogens (tertiary/aromatic N) is 24. The van der Waals surface area contributed by atoms with Gasteiger partial charge in [-0.15, -0.1) is 20.4 Å². The van der Waals surface area contributed by atoms with Crippen molar-refractivity contribution in [2.45, 2.75) is 119 Å². The van der Waals surface area contributed by atoms with Crippen LogP contribution in [0.5, 0.6) is 0 Å². The largest absolute Gasteiger partial charge is 0.421 e. The highest BCUT2D eigenvalue weighted by molar-refractivity contribution is 5.86. The Kier molecular flexibility index (Phi) is 27.1. The minimum absolute atomic E-state index is 0.0803. The van der Waals surface area contributed by atoms with Crippen LogP contribution < -0.4 is 66.4 Å². The van der Waals surface area contributed by atoms with Crippen LogP contribution in [-0.2, 0) is 0 Å². The van der Waals surface area contributed by atoms with Crippen LogP contribution in [0.2, 0.25) is 0 Å². The van der Waals surface area contributed by atoms with Crippen LogP contribution >= 0.6 is 0 Å². The highest BCUT2D eigenvalue weighted by Gasteiger charge is 2.32. The second-order valence-corrected chi connectivity index (χ2v) is 31.9. The number of aromatic nitrogens is 24. The van der Waals surface area contributed by atoms with E-state index in [0.29, 0.717) is 151 Å². The zero-order valence-corrected chi connectivity index (χ0v) is 77.0. The van der Waals surface area contributed by atoms with Crippen LogP contribution in [-0.4, -0.2) is 119 Å². The highest BCUT2D eigenvalue weighted by atomic mass is 19.1. The van der Waals surface area contributed by atoms with E-state index in [1.807, 2.05) is 151 Å². The lowest BCUT2D eigenvalue weighted by atomic mass is 10.1. The minimum atomic E-state index is -0.630. The number of nitrogens with two attached hydrogens (primary N) is 4. The number of nitrogen functional groups attached to an aromatic ring is 4. The summed E-state index contributed by atoms with van der Waals surface area (Å²) in [6.07, 6.45) is 7.55. The molecule has 704 valence electrons. The Balaban J connectivity index is 0.000000129. The van der Waals surface area contributed by atoms with Crippen LogP contribution in [0, 0.1) is 53.2 Å². The van der Waals surface area contributed by atoms with Gasteiger partial charge >= 0.3 is 0 Å². The summed E-state index contributed by atoms with van der Waals surface area (Å²) in [5, 5.41) is 38.0. The van der Waals surface area contributed by atoms with Crippen molar-refractivity contribution in [3.63, 3.8) is 0 Å². The number of para-hydroxylation sites is 4. The molecule has 20 rings (SSSR count). The summed E-state index contributed by atoms with van der Waals surface area (Å²) in [5.74, 6) is 5.16. The maximum absolute atomic E-state index is 14.7. The van der Waals surface area contributed by atoms with Crippen LogP contribution in [0.4, 0.5) is 55.3 Å². The molecule has 12 aromatic heterocycles. The molecule has 0 saturated carbocycles. The molecule has 12 N–H and O–H groups in total. The van der Waals surface area contributed by atoms with Gasteiger partial charge in [0.05, 0.1) is 79.8 Å². The van der Waals surface area contributed by atoms with E-state index in [1.165, 1.54) is 58.7 Å². The third-order valence-electron chi connectivity index (χ3n) is 22.7. The first-order chi connectivity index (χ1) is 67.9. The van der Waals surface area contributed by atoms with Gasteiger partial charge in [0.1, 0.15) is 140 Å². The molecule has 0 fully saturated rings. The Labute approximate surface area is 793 Å². The molecule has 4 atom stereocenters. The third kappa shape index (κ3) is 18.9. The number of hydrogen-bond acceptors (Lipinski definition) is 36. The smallest absolute Gasteiger partial charge is 0.269 e. The Hall–Kier alpha value is -18.5. The molecule has 0 bridgehead atoms. The van der Waals surface area contributed by atoms with E-state index in [0.717, 1.165) is 22.5 Å². The van der Waals surface area contributed by atoms with Crippen molar-refractivity contribution < 1.29 is 26.7 Å². The summed E-state index contributed by atoms with van der Waals surface area (Å²) in [6.45, 7) is 18.4. The van der Waals surface area contributed by atoms with E-state index >= 15 is 0 Å². The number of rotatable bonds is 24. The molecule has 0 aliphatic carbocycles. The minimum Gasteiger partial charge on any atom is -0.421 e. The molecule has 140 heavy (non-hydrogen) atoms. The molecule has 0 radical (unpaired) electrons. The van der Waals surface area contributed by atoms with Crippen molar-refractivity contribution in [3.05, 3.63) is 330 Å². The fourth-order valence-electron chi connectivity index (χ4n) is 16.0. The fourth-order valence-corrected chi connectivity index (χ4v) is 16.0. The summed E-state index contributed by atoms with van der Waals surface area (Å²) in [5.41, 5.74) is 30.8. The first-order valence-corrected chi connectivity index (χ1v) is 44.3. The fraction of sp³-hybridized carbons (Fsp3) is 0.184. The molecule has 42 heteroatoms. The zero-order chi connectivity index (χ0) is 98.1. The Bertz CT molecular complexity index is 7270. The molecule has 0 spiro atoms. The van der Waals surface area contributed by atoms with Crippen LogP contribution in [0.3, 0.4) is 0 Å². The van der Waals surface area contributed by atoms with Crippen LogP contribution in [0.15, 0.2) is 256 Å². The lowest BCUT2D eigenvalue weighted by Gasteiger charge is -2.23. The topological polar surface area (TPSA) is 551 Å². The lowest BCUT2D eigenvalue weighted by molar-refractivity contribution is 0.425. The summed E-state index contributed by atoms with van der Waals surface area (Å²) in [7, 11) is 0. The average molecular weight is 1880 g/mol. The molecule has 40 nitrogen and oxygen atoms in total. The first kappa shape index (κ1) is 93.3. The number of benzene rings is 8. The van der Waals surface area contributed by atoms with Gasteiger partial charge in [0, 0.05) is 13.8 Å². The van der Waals surface area contributed by atoms with E-state index in [2.05, 4.69) is 102 Å². The first-order valence-electron chi connectivity index (χ1n) is 44.3. The van der Waals surface area contributed by atoms with Crippen molar-refractivity contribution in [3.8, 4) is 68.6 Å². The predicted molar refractivity (Wildman–Crippen MR) is 523 cm³/mol. The van der Waals surface area contributed by atoms with Crippen molar-refractivity contribution in [1.29, 1.82) is 0 Å². The van der Waals surface area contributed by atoms with Gasteiger partial charge in [0.25, 0.3) is 45.8 Å². The number of aryl methyl sites for hydroxylation is 6. The Morgan fingerprint density at radius 1 is 0.307 bits per heavy atom. The summed E-state index contributed by atoms with van der Waals surface area (Å²) in [4.78, 5) is 116. The second-order valence-electron chi connectivity index (χ2n) is 31.9. The molecular formula is C98H90F2N32O8. The molecule has 0 amide bonds. The predicted octanol–water partition coefficient (Wildman–Crippen LogP) is 15.6. The normalized spacial score (nSPS) is 12.1. The van der Waals surface area contributed by atoms with E-state index in [9.17, 15) is 28.0 Å². The van der Waals surface area contributed by atoms with Crippen LogP contribution in [0.25, 0.3) is 112 Å². The summed E-state index contributed by atoms with van der Waals surface area (Å²) < 4.78 is 57.3. The monoisotopic (exact) mass is 1880 g/mol. The molecular weight excluding hydrogens is 1790 g/mol. The third-order valence-corrected chi connectivity index (χ3v) is 22.7. The standard InChI is InChI=1S/2C25H24N8O2.2C24H21FN8O2/c1-4-17(29-22-20(21(26)27-13-28-22)24-32-31-15(3)35-24)23-30-18-12-8-9-14(2)19(18)25(34)33(23)16-10-6-5-7-11-16;1-4-17(30-22-20(21(26)27-13-28-22)24-29-15(3)32-35-24)23-31-18-12-8-9-14(2)19(18)25(34)33(23)16-10-6-5-7-11-16;1-3-16(29-21-19(20(26)27-12-28-21)23-32-31-13(2)35-23)22-30-17-11-7-10-15(25)18(17)24(34)33(22)14-8-5-4-6-9-14;1-3-16(30-21-19(20(26)27-12-28-21)23-29-13(2)32-35-23)22-31-17-11-7-10-15(25)18(17)24(34)33(22)14-8-5-4-6-9-14/h5-13,17H,4H2,1-3H3,(H3,26,27,28,29);5-13,17H,4H2,1-3H3,(H3,26,27,28,30);4-12,16H,3H2,1-2H3,(H3,26,27,28,29);4-12,16H,3H2,1-2H3,(H3,26,27,28,30)/t2*17-;2*16-/m0000/s1. The maximum atomic E-state index is 14.7. The molecule has 0 aliphatic rings. The van der Waals surface area contributed by atoms with Crippen molar-refractivity contribution in [1.82, 2.24) is 119 Å². The SMILES string of the molecule is CC[C@H](Nc1ncnc(N)c1-c1nc(C)no1)c1nc2cccc(C)c2c(=O)n1-c1ccccc1.CC[C@H](Nc1ncnc(N)c1-c1nc(C)no1)c1nc2cccc(F)c2c(=O)n1-c1ccccc1.CC[C@H](Nc1ncnc(N)c1-c1nnc(C)o1)c1nc2cccc(C)c2c(=O)n1-c1ccccc1.CC[C@H](Nc1ncnc(N)c1-c1nnc(C)o1)c1nc2cccc(F)c2c(=O)n1-c1ccccc1. The van der Waals surface area contributed by atoms with Gasteiger partial charge in [-0.05, 0) is 149 Å². The molecule has 0 unspecified atom stereocenters. The number of anilines is 8. The Morgan fingerprint density at radius 2 is 0.564 bits per heavy atom. The van der Waals surface area contributed by atoms with E-state index in [-0.39, 0.29) is 79.8 Å². The number of hydrogen-bond donors (Lipinski definition) is 8. The van der Waals surface area contributed by atoms with Crippen LogP contribution in [0.1, 0.15) is 135 Å². The number of fused-ring (bicyclic) bond motifs is 4. The van der Waals surface area contributed by atoms with Gasteiger partial charge in [0.2, 0.25) is 11.8 Å². The maximum Gasteiger partial charge on any atom is 0.269 e. The lowest BCUT2D eigenvalue weighted by Crippen LogP contribution is -2.29. The molecule has 0 saturated heterocycles. The summed E-state index contributed by atoms with van der Waals surface area (Å²) >= 11 is 0. The number of halogens is 2. The molecule has 8 aromatic carbocycles. The van der Waals surface area contributed by atoms with Gasteiger partial charge in [-0.3, -0.25) is 37.4 Å². The van der Waals surface area contributed by atoms with E-state index in [4.69, 9.17) is 60.8 Å². The Morgan fingerprint density at radius 3 is 0.814 bits per heavy atom. The van der Waals surface area contributed by atoms with Gasteiger partial charge in [-0.25, -0.2) is 68.6 Å². The average Bonchev–Trinajstić information content (AvgIpc) is 0.872. The van der Waals surface area contributed by atoms with Crippen molar-refractivity contribution in [2.75, 3.05) is 44.2 Å². The van der Waals surface area contributed by atoms with Gasteiger partial charge in [-0.1, -0.05) is 147 Å². The van der Waals surface area contributed by atoms with Crippen molar-refractivity contribution >= 4 is 90.2 Å². The quantitative estimate of drug-likeness (QED) is 0.0278. The van der Waals surface area contributed by atoms with Gasteiger partial charge in [0.15, 0.2) is 11.6 Å². The van der Waals surface area contributed by atoms with E-state index in [1.54, 1.807) is 97.5 Å². The van der Waals surface area contributed by atoms with Crippen molar-refractivity contribution in [2.24, 2.45) is 0 Å². The van der Waals surface area contributed by atoms with Gasteiger partial charge in [-0.2, -0.15) is 9.97 Å². The molecule has 12 heterocycles.